The smallest absolute Gasteiger partial charge is 0.316 e. The molecule has 0 spiro atoms. The van der Waals surface area contributed by atoms with Gasteiger partial charge in [0.1, 0.15) is 5.92 Å². The zero-order valence-electron chi connectivity index (χ0n) is 6.88. The van der Waals surface area contributed by atoms with Crippen LogP contribution < -0.4 is 0 Å². The van der Waals surface area contributed by atoms with E-state index in [-0.39, 0.29) is 10.6 Å². The molecular formula is C8H11BrO3. The Labute approximate surface area is 79.6 Å². The Morgan fingerprint density at radius 1 is 1.58 bits per heavy atom. The first-order valence-electron chi connectivity index (χ1n) is 3.92. The van der Waals surface area contributed by atoms with Crippen LogP contribution in [0.5, 0.6) is 0 Å². The highest BCUT2D eigenvalue weighted by Gasteiger charge is 2.34. The van der Waals surface area contributed by atoms with Crippen LogP contribution in [0.2, 0.25) is 0 Å². The van der Waals surface area contributed by atoms with Crippen LogP contribution in [0.15, 0.2) is 0 Å². The Bertz CT molecular complexity index is 202. The van der Waals surface area contributed by atoms with Gasteiger partial charge < -0.3 is 4.74 Å². The van der Waals surface area contributed by atoms with Gasteiger partial charge >= 0.3 is 5.97 Å². The molecule has 0 amide bonds. The number of alkyl halides is 1. The second kappa shape index (κ2) is 4.03. The number of esters is 1. The Morgan fingerprint density at radius 2 is 2.25 bits per heavy atom. The maximum absolute atomic E-state index is 11.4. The Kier molecular flexibility index (Phi) is 3.26. The molecule has 0 saturated heterocycles. The number of halogens is 1. The third-order valence-corrected chi connectivity index (χ3v) is 3.00. The summed E-state index contributed by atoms with van der Waals surface area (Å²) in [6, 6.07) is 0. The van der Waals surface area contributed by atoms with Crippen molar-refractivity contribution in [1.29, 1.82) is 0 Å². The standard InChI is InChI=1S/C8H11BrO3/c1-12-8(11)5-3-2-4-6(9)7(5)10/h5-6H,2-4H2,1H3. The summed E-state index contributed by atoms with van der Waals surface area (Å²) in [5.41, 5.74) is 0. The summed E-state index contributed by atoms with van der Waals surface area (Å²) in [5.74, 6) is -0.967. The molecule has 12 heavy (non-hydrogen) atoms. The predicted octanol–water partition coefficient (Wildman–Crippen LogP) is 1.29. The van der Waals surface area contributed by atoms with E-state index in [0.717, 1.165) is 12.8 Å². The predicted molar refractivity (Wildman–Crippen MR) is 47.1 cm³/mol. The lowest BCUT2D eigenvalue weighted by Gasteiger charge is -2.21. The lowest BCUT2D eigenvalue weighted by atomic mass is 9.88. The minimum atomic E-state index is -0.534. The fourth-order valence-electron chi connectivity index (χ4n) is 1.38. The maximum atomic E-state index is 11.4. The Balaban J connectivity index is 2.64. The Hall–Kier alpha value is -0.380. The second-order valence-corrected chi connectivity index (χ2v) is 3.98. The first kappa shape index (κ1) is 9.71. The quantitative estimate of drug-likeness (QED) is 0.390. The number of rotatable bonds is 1. The highest BCUT2D eigenvalue weighted by molar-refractivity contribution is 9.10. The summed E-state index contributed by atoms with van der Waals surface area (Å²) in [5, 5.41) is 0. The van der Waals surface area contributed by atoms with Gasteiger partial charge in [-0.1, -0.05) is 22.4 Å². The minimum absolute atomic E-state index is 0.0342. The third kappa shape index (κ3) is 1.86. The summed E-state index contributed by atoms with van der Waals surface area (Å²) < 4.78 is 4.53. The van der Waals surface area contributed by atoms with E-state index >= 15 is 0 Å². The molecule has 3 nitrogen and oxygen atoms in total. The van der Waals surface area contributed by atoms with Crippen molar-refractivity contribution in [1.82, 2.24) is 0 Å². The molecule has 0 aromatic carbocycles. The monoisotopic (exact) mass is 234 g/mol. The second-order valence-electron chi connectivity index (χ2n) is 2.88. The molecule has 1 aliphatic carbocycles. The summed E-state index contributed by atoms with van der Waals surface area (Å²) in [7, 11) is 1.31. The van der Waals surface area contributed by atoms with Gasteiger partial charge in [0.15, 0.2) is 5.78 Å². The van der Waals surface area contributed by atoms with E-state index in [1.807, 2.05) is 0 Å². The SMILES string of the molecule is COC(=O)C1CCCC(Br)C1=O. The fourth-order valence-corrected chi connectivity index (χ4v) is 2.02. The van der Waals surface area contributed by atoms with Gasteiger partial charge in [-0.3, -0.25) is 9.59 Å². The van der Waals surface area contributed by atoms with E-state index in [1.165, 1.54) is 7.11 Å². The minimum Gasteiger partial charge on any atom is -0.468 e. The molecule has 2 unspecified atom stereocenters. The summed E-state index contributed by atoms with van der Waals surface area (Å²) in [4.78, 5) is 22.3. The first-order valence-corrected chi connectivity index (χ1v) is 4.84. The van der Waals surface area contributed by atoms with Gasteiger partial charge in [-0.15, -0.1) is 0 Å². The molecule has 1 rings (SSSR count). The van der Waals surface area contributed by atoms with Crippen LogP contribution in [0, 0.1) is 5.92 Å². The number of carbonyl (C=O) groups is 2. The average molecular weight is 235 g/mol. The van der Waals surface area contributed by atoms with Gasteiger partial charge in [0.25, 0.3) is 0 Å². The van der Waals surface area contributed by atoms with E-state index in [0.29, 0.717) is 6.42 Å². The molecule has 4 heteroatoms. The van der Waals surface area contributed by atoms with Crippen molar-refractivity contribution in [3.05, 3.63) is 0 Å². The summed E-state index contributed by atoms with van der Waals surface area (Å²) in [6.07, 6.45) is 2.36. The lowest BCUT2D eigenvalue weighted by Crippen LogP contribution is -2.34. The van der Waals surface area contributed by atoms with Crippen LogP contribution in [0.1, 0.15) is 19.3 Å². The van der Waals surface area contributed by atoms with Crippen LogP contribution >= 0.6 is 15.9 Å². The van der Waals surface area contributed by atoms with Gasteiger partial charge in [-0.05, 0) is 12.8 Å². The molecule has 0 radical (unpaired) electrons. The molecule has 0 aromatic rings. The highest BCUT2D eigenvalue weighted by Crippen LogP contribution is 2.26. The van der Waals surface area contributed by atoms with Crippen molar-refractivity contribution in [2.45, 2.75) is 24.1 Å². The van der Waals surface area contributed by atoms with Gasteiger partial charge in [0, 0.05) is 0 Å². The molecular weight excluding hydrogens is 224 g/mol. The van der Waals surface area contributed by atoms with E-state index in [4.69, 9.17) is 0 Å². The van der Waals surface area contributed by atoms with Gasteiger partial charge in [-0.25, -0.2) is 0 Å². The van der Waals surface area contributed by atoms with Gasteiger partial charge in [0.2, 0.25) is 0 Å². The highest BCUT2D eigenvalue weighted by atomic mass is 79.9. The molecule has 1 aliphatic rings. The number of hydrogen-bond donors (Lipinski definition) is 0. The molecule has 1 fully saturated rings. The third-order valence-electron chi connectivity index (χ3n) is 2.09. The van der Waals surface area contributed by atoms with Crippen molar-refractivity contribution >= 4 is 27.7 Å². The Morgan fingerprint density at radius 3 is 2.83 bits per heavy atom. The number of ketones is 1. The van der Waals surface area contributed by atoms with Crippen molar-refractivity contribution < 1.29 is 14.3 Å². The molecule has 1 saturated carbocycles. The fraction of sp³-hybridized carbons (Fsp3) is 0.750. The van der Waals surface area contributed by atoms with Crippen molar-refractivity contribution in [2.75, 3.05) is 7.11 Å². The topological polar surface area (TPSA) is 43.4 Å². The zero-order chi connectivity index (χ0) is 9.14. The number of ether oxygens (including phenoxy) is 1. The summed E-state index contributed by atoms with van der Waals surface area (Å²) in [6.45, 7) is 0. The van der Waals surface area contributed by atoms with Crippen molar-refractivity contribution in [3.63, 3.8) is 0 Å². The van der Waals surface area contributed by atoms with Crippen LogP contribution in [0.4, 0.5) is 0 Å². The van der Waals surface area contributed by atoms with Crippen LogP contribution in [-0.2, 0) is 14.3 Å². The van der Waals surface area contributed by atoms with Gasteiger partial charge in [0.05, 0.1) is 11.9 Å². The molecule has 0 bridgehead atoms. The number of hydrogen-bond acceptors (Lipinski definition) is 3. The molecule has 0 heterocycles. The zero-order valence-corrected chi connectivity index (χ0v) is 8.46. The molecule has 0 aliphatic heterocycles. The van der Waals surface area contributed by atoms with Crippen LogP contribution in [0.3, 0.4) is 0 Å². The largest absolute Gasteiger partial charge is 0.468 e. The maximum Gasteiger partial charge on any atom is 0.316 e. The number of methoxy groups -OCH3 is 1. The molecule has 2 atom stereocenters. The average Bonchev–Trinajstić information content (AvgIpc) is 2.08. The number of Topliss-reactive ketones (excluding diaryl/α,β-unsaturated/α-hetero) is 1. The molecule has 0 N–H and O–H groups in total. The van der Waals surface area contributed by atoms with Gasteiger partial charge in [-0.2, -0.15) is 0 Å². The van der Waals surface area contributed by atoms with Crippen LogP contribution in [0.25, 0.3) is 0 Å². The van der Waals surface area contributed by atoms with E-state index < -0.39 is 11.9 Å². The first-order chi connectivity index (χ1) is 5.66. The summed E-state index contributed by atoms with van der Waals surface area (Å²) >= 11 is 3.23. The van der Waals surface area contributed by atoms with E-state index in [2.05, 4.69) is 20.7 Å². The van der Waals surface area contributed by atoms with E-state index in [1.54, 1.807) is 0 Å². The van der Waals surface area contributed by atoms with Crippen molar-refractivity contribution in [2.24, 2.45) is 5.92 Å². The van der Waals surface area contributed by atoms with Crippen molar-refractivity contribution in [3.8, 4) is 0 Å². The van der Waals surface area contributed by atoms with Crippen LogP contribution in [-0.4, -0.2) is 23.7 Å². The molecule has 68 valence electrons. The normalized spacial score (nSPS) is 30.0. The lowest BCUT2D eigenvalue weighted by molar-refractivity contribution is -0.150. The van der Waals surface area contributed by atoms with E-state index in [9.17, 15) is 9.59 Å². The number of carbonyl (C=O) groups excluding carboxylic acids is 2. The molecule has 0 aromatic heterocycles.